The number of nitrogens with zero attached hydrogens (tertiary/aromatic N) is 1. The summed E-state index contributed by atoms with van der Waals surface area (Å²) >= 11 is 0. The largest absolute Gasteiger partial charge is 0.326 e. The van der Waals surface area contributed by atoms with E-state index in [1.54, 1.807) is 0 Å². The third-order valence-electron chi connectivity index (χ3n) is 2.51. The number of hydrogen-bond acceptors (Lipinski definition) is 4. The first-order chi connectivity index (χ1) is 9.38. The molecule has 20 heavy (non-hydrogen) atoms. The van der Waals surface area contributed by atoms with Crippen LogP contribution in [-0.2, 0) is 4.79 Å². The number of nitrogens with one attached hydrogen (secondary N) is 2. The van der Waals surface area contributed by atoms with Crippen LogP contribution in [0.3, 0.4) is 0 Å². The zero-order chi connectivity index (χ0) is 15.1. The highest BCUT2D eigenvalue weighted by Crippen LogP contribution is 2.20. The van der Waals surface area contributed by atoms with Crippen LogP contribution in [0.2, 0.25) is 0 Å². The van der Waals surface area contributed by atoms with Crippen molar-refractivity contribution < 1.29 is 14.1 Å². The Labute approximate surface area is 116 Å². The average Bonchev–Trinajstić information content (AvgIpc) is 2.33. The van der Waals surface area contributed by atoms with E-state index in [-0.39, 0.29) is 23.7 Å². The fourth-order valence-electron chi connectivity index (χ4n) is 1.61. The van der Waals surface area contributed by atoms with Gasteiger partial charge in [-0.05, 0) is 19.0 Å². The normalized spacial score (nSPS) is 10.6. The first-order valence-electron chi connectivity index (χ1n) is 6.36. The van der Waals surface area contributed by atoms with Crippen LogP contribution in [0.1, 0.15) is 26.7 Å². The molecule has 2 N–H and O–H groups in total. The molecule has 0 bridgehead atoms. The van der Waals surface area contributed by atoms with Crippen molar-refractivity contribution in [3.8, 4) is 0 Å². The smallest absolute Gasteiger partial charge is 0.274 e. The number of carbonyl (C=O) groups excluding carboxylic acids is 1. The monoisotopic (exact) mass is 283 g/mol. The lowest BCUT2D eigenvalue weighted by Gasteiger charge is -2.08. The van der Waals surface area contributed by atoms with Crippen molar-refractivity contribution in [2.45, 2.75) is 32.7 Å². The molecule has 110 valence electrons. The summed E-state index contributed by atoms with van der Waals surface area (Å²) in [7, 11) is 0. The molecular formula is C13H18FN3O3. The van der Waals surface area contributed by atoms with E-state index in [1.165, 1.54) is 0 Å². The summed E-state index contributed by atoms with van der Waals surface area (Å²) in [6, 6.07) is 3.34. The summed E-state index contributed by atoms with van der Waals surface area (Å²) in [5, 5.41) is 16.2. The first kappa shape index (κ1) is 16.0. The van der Waals surface area contributed by atoms with Gasteiger partial charge in [0.05, 0.1) is 16.7 Å². The highest BCUT2D eigenvalue weighted by Gasteiger charge is 2.11. The minimum atomic E-state index is -0.754. The van der Waals surface area contributed by atoms with E-state index in [0.29, 0.717) is 19.0 Å². The third kappa shape index (κ3) is 5.75. The molecule has 0 saturated heterocycles. The quantitative estimate of drug-likeness (QED) is 0.457. The molecule has 1 aromatic carbocycles. The Bertz CT molecular complexity index is 492. The number of anilines is 1. The molecule has 0 unspecified atom stereocenters. The molecule has 0 aromatic heterocycles. The lowest BCUT2D eigenvalue weighted by atomic mass is 10.2. The van der Waals surface area contributed by atoms with E-state index in [1.807, 2.05) is 13.8 Å². The minimum Gasteiger partial charge on any atom is -0.326 e. The fraction of sp³-hybridized carbons (Fsp3) is 0.462. The number of carbonyl (C=O) groups is 1. The van der Waals surface area contributed by atoms with Gasteiger partial charge in [-0.2, -0.15) is 0 Å². The van der Waals surface area contributed by atoms with Gasteiger partial charge >= 0.3 is 0 Å². The molecule has 0 aliphatic rings. The molecule has 1 amide bonds. The molecule has 0 heterocycles. The van der Waals surface area contributed by atoms with Gasteiger partial charge in [0.25, 0.3) is 5.69 Å². The van der Waals surface area contributed by atoms with E-state index in [2.05, 4.69) is 10.6 Å². The number of hydrogen-bond donors (Lipinski definition) is 2. The maximum absolute atomic E-state index is 13.2. The third-order valence-corrected chi connectivity index (χ3v) is 2.51. The highest BCUT2D eigenvalue weighted by atomic mass is 19.1. The summed E-state index contributed by atoms with van der Waals surface area (Å²) in [6.45, 7) is 4.71. The first-order valence-corrected chi connectivity index (χ1v) is 6.36. The van der Waals surface area contributed by atoms with Gasteiger partial charge in [-0.1, -0.05) is 13.8 Å². The van der Waals surface area contributed by atoms with E-state index >= 15 is 0 Å². The van der Waals surface area contributed by atoms with Crippen LogP contribution < -0.4 is 10.6 Å². The maximum atomic E-state index is 13.2. The van der Waals surface area contributed by atoms with E-state index in [0.717, 1.165) is 18.2 Å². The number of non-ortho nitro benzene ring substituents is 1. The predicted octanol–water partition coefficient (Wildman–Crippen LogP) is 2.45. The number of rotatable bonds is 7. The zero-order valence-electron chi connectivity index (χ0n) is 11.5. The number of nitro groups is 1. The molecule has 0 saturated carbocycles. The molecule has 0 spiro atoms. The van der Waals surface area contributed by atoms with Crippen molar-refractivity contribution in [3.63, 3.8) is 0 Å². The van der Waals surface area contributed by atoms with Gasteiger partial charge < -0.3 is 10.6 Å². The molecule has 1 rings (SSSR count). The lowest BCUT2D eigenvalue weighted by molar-refractivity contribution is -0.385. The van der Waals surface area contributed by atoms with E-state index < -0.39 is 10.7 Å². The number of nitro benzene ring substituents is 1. The fourth-order valence-corrected chi connectivity index (χ4v) is 1.61. The minimum absolute atomic E-state index is 0.0959. The Morgan fingerprint density at radius 2 is 2.10 bits per heavy atom. The van der Waals surface area contributed by atoms with Crippen LogP contribution in [0.4, 0.5) is 15.8 Å². The van der Waals surface area contributed by atoms with Gasteiger partial charge in [-0.25, -0.2) is 4.39 Å². The SMILES string of the molecule is CC(C)NCCCC(=O)Nc1cc(F)cc([N+](=O)[O-])c1. The van der Waals surface area contributed by atoms with Crippen LogP contribution in [0.15, 0.2) is 18.2 Å². The van der Waals surface area contributed by atoms with Crippen molar-refractivity contribution in [1.82, 2.24) is 5.32 Å². The van der Waals surface area contributed by atoms with E-state index in [9.17, 15) is 19.3 Å². The van der Waals surface area contributed by atoms with Gasteiger partial charge in [0, 0.05) is 18.5 Å². The Morgan fingerprint density at radius 3 is 2.70 bits per heavy atom. The lowest BCUT2D eigenvalue weighted by Crippen LogP contribution is -2.24. The number of halogens is 1. The summed E-state index contributed by atoms with van der Waals surface area (Å²) in [6.07, 6.45) is 0.908. The van der Waals surface area contributed by atoms with Crippen molar-refractivity contribution in [3.05, 3.63) is 34.1 Å². The second kappa shape index (κ2) is 7.54. The highest BCUT2D eigenvalue weighted by molar-refractivity contribution is 5.91. The molecule has 7 heteroatoms. The van der Waals surface area contributed by atoms with Crippen molar-refractivity contribution >= 4 is 17.3 Å². The molecule has 0 radical (unpaired) electrons. The van der Waals surface area contributed by atoms with Crippen molar-refractivity contribution in [2.75, 3.05) is 11.9 Å². The number of amides is 1. The number of benzene rings is 1. The van der Waals surface area contributed by atoms with Crippen LogP contribution in [0.5, 0.6) is 0 Å². The van der Waals surface area contributed by atoms with Gasteiger partial charge in [-0.15, -0.1) is 0 Å². The van der Waals surface area contributed by atoms with E-state index in [4.69, 9.17) is 0 Å². The second-order valence-electron chi connectivity index (χ2n) is 4.72. The predicted molar refractivity (Wildman–Crippen MR) is 74.1 cm³/mol. The van der Waals surface area contributed by atoms with Crippen LogP contribution in [0, 0.1) is 15.9 Å². The summed E-state index contributed by atoms with van der Waals surface area (Å²) in [5.41, 5.74) is -0.291. The van der Waals surface area contributed by atoms with Gasteiger partial charge in [0.2, 0.25) is 5.91 Å². The van der Waals surface area contributed by atoms with Crippen LogP contribution in [-0.4, -0.2) is 23.4 Å². The summed E-state index contributed by atoms with van der Waals surface area (Å²) in [5.74, 6) is -1.05. The molecule has 0 aliphatic heterocycles. The summed E-state index contributed by atoms with van der Waals surface area (Å²) < 4.78 is 13.2. The van der Waals surface area contributed by atoms with Crippen molar-refractivity contribution in [1.29, 1.82) is 0 Å². The van der Waals surface area contributed by atoms with Crippen LogP contribution >= 0.6 is 0 Å². The Kier molecular flexibility index (Phi) is 6.05. The maximum Gasteiger partial charge on any atom is 0.274 e. The Morgan fingerprint density at radius 1 is 1.40 bits per heavy atom. The Balaban J connectivity index is 2.51. The molecule has 1 aromatic rings. The average molecular weight is 283 g/mol. The van der Waals surface area contributed by atoms with Crippen LogP contribution in [0.25, 0.3) is 0 Å². The molecule has 0 fully saturated rings. The molecule has 6 nitrogen and oxygen atoms in total. The van der Waals surface area contributed by atoms with Gasteiger partial charge in [-0.3, -0.25) is 14.9 Å². The van der Waals surface area contributed by atoms with Crippen molar-refractivity contribution in [2.24, 2.45) is 0 Å². The zero-order valence-corrected chi connectivity index (χ0v) is 11.5. The summed E-state index contributed by atoms with van der Waals surface area (Å²) in [4.78, 5) is 21.5. The second-order valence-corrected chi connectivity index (χ2v) is 4.72. The Hall–Kier alpha value is -2.02. The van der Waals surface area contributed by atoms with Gasteiger partial charge in [0.1, 0.15) is 5.82 Å². The topological polar surface area (TPSA) is 84.3 Å². The van der Waals surface area contributed by atoms with Gasteiger partial charge in [0.15, 0.2) is 0 Å². The standard InChI is InChI=1S/C13H18FN3O3/c1-9(2)15-5-3-4-13(18)16-11-6-10(14)7-12(8-11)17(19)20/h6-9,15H,3-5H2,1-2H3,(H,16,18). The molecular weight excluding hydrogens is 265 g/mol. The molecule has 0 atom stereocenters. The molecule has 0 aliphatic carbocycles.